The molecule has 3 nitrogen and oxygen atoms in total. The van der Waals surface area contributed by atoms with Gasteiger partial charge in [-0.3, -0.25) is 0 Å². The van der Waals surface area contributed by atoms with E-state index in [1.54, 1.807) is 0 Å². The van der Waals surface area contributed by atoms with Crippen molar-refractivity contribution in [1.29, 1.82) is 0 Å². The minimum absolute atomic E-state index is 0.355. The monoisotopic (exact) mass is 261 g/mol. The van der Waals surface area contributed by atoms with Crippen LogP contribution in [0.4, 0.5) is 0 Å². The van der Waals surface area contributed by atoms with Crippen molar-refractivity contribution >= 4 is 11.8 Å². The van der Waals surface area contributed by atoms with E-state index in [1.807, 2.05) is 11.8 Å². The minimum Gasteiger partial charge on any atom is -0.389 e. The molecule has 0 aromatic rings. The molecule has 0 radical (unpaired) electrons. The van der Waals surface area contributed by atoms with Gasteiger partial charge in [-0.2, -0.15) is 11.8 Å². The number of unbranched alkanes of at least 4 members (excludes halogenated alkanes) is 3. The molecular weight excluding hydrogens is 234 g/mol. The van der Waals surface area contributed by atoms with Gasteiger partial charge in [0.15, 0.2) is 0 Å². The van der Waals surface area contributed by atoms with Crippen LogP contribution in [0.25, 0.3) is 0 Å². The highest BCUT2D eigenvalue weighted by Gasteiger charge is 2.15. The average molecular weight is 261 g/mol. The second-order valence-corrected chi connectivity index (χ2v) is 5.91. The first-order valence-corrected chi connectivity index (χ1v) is 8.05. The van der Waals surface area contributed by atoms with E-state index in [-0.39, 0.29) is 6.10 Å². The summed E-state index contributed by atoms with van der Waals surface area (Å²) in [5.74, 6) is 2.44. The quantitative estimate of drug-likeness (QED) is 0.591. The molecule has 2 atom stereocenters. The lowest BCUT2D eigenvalue weighted by Gasteiger charge is -2.15. The second-order valence-electron chi connectivity index (χ2n) is 4.76. The molecule has 1 rings (SSSR count). The first-order valence-electron chi connectivity index (χ1n) is 6.90. The first kappa shape index (κ1) is 15.3. The zero-order valence-corrected chi connectivity index (χ0v) is 11.8. The number of rotatable bonds is 10. The molecule has 0 amide bonds. The summed E-state index contributed by atoms with van der Waals surface area (Å²) >= 11 is 1.99. The zero-order chi connectivity index (χ0) is 12.3. The Bertz CT molecular complexity index is 175. The molecule has 1 fully saturated rings. The Morgan fingerprint density at radius 3 is 3.00 bits per heavy atom. The van der Waals surface area contributed by atoms with Gasteiger partial charge < -0.3 is 15.2 Å². The summed E-state index contributed by atoms with van der Waals surface area (Å²) in [6, 6.07) is 0.596. The van der Waals surface area contributed by atoms with E-state index < -0.39 is 0 Å². The van der Waals surface area contributed by atoms with Crippen molar-refractivity contribution in [3.8, 4) is 0 Å². The molecule has 2 unspecified atom stereocenters. The maximum absolute atomic E-state index is 9.72. The molecule has 102 valence electrons. The molecule has 2 N–H and O–H groups in total. The van der Waals surface area contributed by atoms with E-state index in [0.29, 0.717) is 19.2 Å². The molecule has 0 bridgehead atoms. The number of hydrogen-bond donors (Lipinski definition) is 2. The smallest absolute Gasteiger partial charge is 0.0897 e. The maximum Gasteiger partial charge on any atom is 0.0897 e. The summed E-state index contributed by atoms with van der Waals surface area (Å²) in [5, 5.41) is 13.1. The topological polar surface area (TPSA) is 41.5 Å². The van der Waals surface area contributed by atoms with Crippen LogP contribution in [0.2, 0.25) is 0 Å². The Balaban J connectivity index is 1.85. The Morgan fingerprint density at radius 1 is 1.41 bits per heavy atom. The van der Waals surface area contributed by atoms with Gasteiger partial charge in [0, 0.05) is 24.9 Å². The van der Waals surface area contributed by atoms with Crippen LogP contribution in [-0.4, -0.2) is 48.5 Å². The average Bonchev–Trinajstić information content (AvgIpc) is 2.84. The highest BCUT2D eigenvalue weighted by molar-refractivity contribution is 7.99. The van der Waals surface area contributed by atoms with Crippen LogP contribution in [0, 0.1) is 0 Å². The third-order valence-corrected chi connectivity index (χ3v) is 4.19. The van der Waals surface area contributed by atoms with Crippen molar-refractivity contribution in [3.63, 3.8) is 0 Å². The molecule has 0 saturated carbocycles. The van der Waals surface area contributed by atoms with Crippen LogP contribution < -0.4 is 5.32 Å². The van der Waals surface area contributed by atoms with E-state index in [4.69, 9.17) is 4.74 Å². The number of hydrogen-bond acceptors (Lipinski definition) is 4. The van der Waals surface area contributed by atoms with Gasteiger partial charge in [-0.05, 0) is 18.6 Å². The number of nitrogens with one attached hydrogen (secondary N) is 1. The van der Waals surface area contributed by atoms with E-state index in [2.05, 4.69) is 12.2 Å². The van der Waals surface area contributed by atoms with Crippen LogP contribution >= 0.6 is 11.8 Å². The lowest BCUT2D eigenvalue weighted by atomic mass is 10.2. The fourth-order valence-electron chi connectivity index (χ4n) is 1.91. The molecule has 4 heteroatoms. The SMILES string of the molecule is CCCCCCOCC(O)CNC1CCSC1. The Kier molecular flexibility index (Phi) is 9.16. The predicted molar refractivity (Wildman–Crippen MR) is 74.7 cm³/mol. The van der Waals surface area contributed by atoms with Crippen molar-refractivity contribution in [2.24, 2.45) is 0 Å². The van der Waals surface area contributed by atoms with Crippen LogP contribution in [-0.2, 0) is 4.74 Å². The summed E-state index contributed by atoms with van der Waals surface area (Å²) in [6.07, 6.45) is 5.78. The van der Waals surface area contributed by atoms with Gasteiger partial charge in [-0.1, -0.05) is 26.2 Å². The van der Waals surface area contributed by atoms with Crippen LogP contribution in [0.1, 0.15) is 39.0 Å². The minimum atomic E-state index is -0.355. The van der Waals surface area contributed by atoms with Gasteiger partial charge in [0.05, 0.1) is 12.7 Å². The van der Waals surface area contributed by atoms with E-state index in [0.717, 1.165) is 13.0 Å². The van der Waals surface area contributed by atoms with Crippen LogP contribution in [0.15, 0.2) is 0 Å². The molecule has 1 aliphatic heterocycles. The van der Waals surface area contributed by atoms with E-state index >= 15 is 0 Å². The van der Waals surface area contributed by atoms with Crippen LogP contribution in [0.5, 0.6) is 0 Å². The molecule has 0 spiro atoms. The fourth-order valence-corrected chi connectivity index (χ4v) is 3.09. The van der Waals surface area contributed by atoms with Gasteiger partial charge in [-0.15, -0.1) is 0 Å². The third-order valence-electron chi connectivity index (χ3n) is 3.02. The number of thioether (sulfide) groups is 1. The van der Waals surface area contributed by atoms with Gasteiger partial charge in [0.25, 0.3) is 0 Å². The highest BCUT2D eigenvalue weighted by atomic mass is 32.2. The van der Waals surface area contributed by atoms with Crippen molar-refractivity contribution in [3.05, 3.63) is 0 Å². The van der Waals surface area contributed by atoms with Crippen LogP contribution in [0.3, 0.4) is 0 Å². The second kappa shape index (κ2) is 10.2. The number of ether oxygens (including phenoxy) is 1. The highest BCUT2D eigenvalue weighted by Crippen LogP contribution is 2.16. The number of aliphatic hydroxyl groups excluding tert-OH is 1. The molecule has 1 heterocycles. The Morgan fingerprint density at radius 2 is 2.29 bits per heavy atom. The Labute approximate surface area is 110 Å². The van der Waals surface area contributed by atoms with Gasteiger partial charge >= 0.3 is 0 Å². The molecule has 0 aromatic carbocycles. The van der Waals surface area contributed by atoms with Gasteiger partial charge in [0.1, 0.15) is 0 Å². The lowest BCUT2D eigenvalue weighted by Crippen LogP contribution is -2.37. The van der Waals surface area contributed by atoms with Crippen molar-refractivity contribution in [1.82, 2.24) is 5.32 Å². The number of aliphatic hydroxyl groups is 1. The fraction of sp³-hybridized carbons (Fsp3) is 1.00. The van der Waals surface area contributed by atoms with Crippen molar-refractivity contribution in [2.75, 3.05) is 31.3 Å². The van der Waals surface area contributed by atoms with Crippen molar-refractivity contribution < 1.29 is 9.84 Å². The summed E-state index contributed by atoms with van der Waals surface area (Å²) in [5.41, 5.74) is 0. The molecule has 0 aromatic heterocycles. The molecule has 1 aliphatic rings. The van der Waals surface area contributed by atoms with Gasteiger partial charge in [0.2, 0.25) is 0 Å². The summed E-state index contributed by atoms with van der Waals surface area (Å²) in [4.78, 5) is 0. The summed E-state index contributed by atoms with van der Waals surface area (Å²) in [7, 11) is 0. The molecule has 17 heavy (non-hydrogen) atoms. The predicted octanol–water partition coefficient (Wildman–Crippen LogP) is 2.04. The third kappa shape index (κ3) is 8.03. The van der Waals surface area contributed by atoms with Crippen molar-refractivity contribution in [2.45, 2.75) is 51.2 Å². The molecule has 0 aliphatic carbocycles. The normalized spacial score (nSPS) is 21.9. The van der Waals surface area contributed by atoms with Gasteiger partial charge in [-0.25, -0.2) is 0 Å². The zero-order valence-electron chi connectivity index (χ0n) is 11.0. The summed E-state index contributed by atoms with van der Waals surface area (Å²) in [6.45, 7) is 4.13. The van der Waals surface area contributed by atoms with E-state index in [9.17, 15) is 5.11 Å². The summed E-state index contributed by atoms with van der Waals surface area (Å²) < 4.78 is 5.46. The first-order chi connectivity index (χ1) is 8.33. The van der Waals surface area contributed by atoms with E-state index in [1.165, 1.54) is 37.2 Å². The Hall–Kier alpha value is 0.230. The molecular formula is C13H27NO2S. The maximum atomic E-state index is 9.72. The largest absolute Gasteiger partial charge is 0.389 e. The standard InChI is InChI=1S/C13H27NO2S/c1-2-3-4-5-7-16-10-13(15)9-14-12-6-8-17-11-12/h12-15H,2-11H2,1H3. The molecule has 1 saturated heterocycles. The lowest BCUT2D eigenvalue weighted by molar-refractivity contribution is 0.0345.